The maximum absolute atomic E-state index is 12.1. The van der Waals surface area contributed by atoms with Crippen molar-refractivity contribution in [2.75, 3.05) is 26.5 Å². The fourth-order valence-corrected chi connectivity index (χ4v) is 2.51. The Labute approximate surface area is 131 Å². The van der Waals surface area contributed by atoms with E-state index < -0.39 is 10.0 Å². The first kappa shape index (κ1) is 17.9. The molecular weight excluding hydrogens is 304 g/mol. The second-order valence-corrected chi connectivity index (χ2v) is 6.68. The Hall–Kier alpha value is -2.12. The lowest BCUT2D eigenvalue weighted by Gasteiger charge is -2.14. The number of amides is 1. The third kappa shape index (κ3) is 4.44. The third-order valence-electron chi connectivity index (χ3n) is 2.76. The number of hydrogen-bond donors (Lipinski definition) is 1. The quantitative estimate of drug-likeness (QED) is 0.641. The van der Waals surface area contributed by atoms with Gasteiger partial charge in [0.15, 0.2) is 0 Å². The number of hydrogen-bond acceptors (Lipinski definition) is 4. The topological polar surface area (TPSA) is 75.7 Å². The van der Waals surface area contributed by atoms with Gasteiger partial charge in [0.1, 0.15) is 5.75 Å². The van der Waals surface area contributed by atoms with Crippen LogP contribution in [-0.2, 0) is 14.8 Å². The van der Waals surface area contributed by atoms with Crippen molar-refractivity contribution in [2.45, 2.75) is 11.8 Å². The molecule has 0 saturated heterocycles. The monoisotopic (exact) mass is 324 g/mol. The van der Waals surface area contributed by atoms with E-state index in [0.29, 0.717) is 11.4 Å². The van der Waals surface area contributed by atoms with Crippen LogP contribution >= 0.6 is 0 Å². The summed E-state index contributed by atoms with van der Waals surface area (Å²) in [5.74, 6) is 0.00120. The Morgan fingerprint density at radius 2 is 1.95 bits per heavy atom. The summed E-state index contributed by atoms with van der Waals surface area (Å²) >= 11 is 0. The molecule has 0 unspecified atom stereocenters. The number of nitrogens with one attached hydrogen (secondary N) is 1. The summed E-state index contributed by atoms with van der Waals surface area (Å²) in [5, 5.41) is 2.60. The van der Waals surface area contributed by atoms with E-state index in [1.807, 2.05) is 6.92 Å². The number of sulfonamides is 1. The van der Waals surface area contributed by atoms with Crippen molar-refractivity contribution in [3.63, 3.8) is 0 Å². The molecule has 0 heterocycles. The van der Waals surface area contributed by atoms with E-state index in [1.165, 1.54) is 45.5 Å². The normalized spacial score (nSPS) is 12.2. The van der Waals surface area contributed by atoms with Gasteiger partial charge in [-0.15, -0.1) is 0 Å². The molecule has 0 atom stereocenters. The van der Waals surface area contributed by atoms with Crippen LogP contribution in [0.3, 0.4) is 0 Å². The van der Waals surface area contributed by atoms with Gasteiger partial charge in [0.05, 0.1) is 17.7 Å². The van der Waals surface area contributed by atoms with Gasteiger partial charge in [-0.2, -0.15) is 0 Å². The van der Waals surface area contributed by atoms with Crippen molar-refractivity contribution in [1.82, 2.24) is 4.31 Å². The van der Waals surface area contributed by atoms with Crippen LogP contribution in [0.1, 0.15) is 6.92 Å². The van der Waals surface area contributed by atoms with Crippen LogP contribution in [0.5, 0.6) is 5.75 Å². The van der Waals surface area contributed by atoms with E-state index in [-0.39, 0.29) is 10.8 Å². The molecule has 0 saturated carbocycles. The summed E-state index contributed by atoms with van der Waals surface area (Å²) in [4.78, 5) is 11.9. The molecule has 0 bridgehead atoms. The maximum atomic E-state index is 12.1. The second-order valence-electron chi connectivity index (χ2n) is 4.52. The predicted molar refractivity (Wildman–Crippen MR) is 86.5 cm³/mol. The summed E-state index contributed by atoms with van der Waals surface area (Å²) in [5.41, 5.74) is 0.292. The van der Waals surface area contributed by atoms with Crippen LogP contribution in [0, 0.1) is 0 Å². The first-order valence-electron chi connectivity index (χ1n) is 6.54. The Morgan fingerprint density at radius 1 is 1.27 bits per heavy atom. The molecule has 0 aliphatic heterocycles. The highest BCUT2D eigenvalue weighted by Gasteiger charge is 2.19. The zero-order valence-electron chi connectivity index (χ0n) is 13.0. The summed E-state index contributed by atoms with van der Waals surface area (Å²) < 4.78 is 30.5. The molecule has 1 N–H and O–H groups in total. The zero-order valence-corrected chi connectivity index (χ0v) is 13.8. The smallest absolute Gasteiger partial charge is 0.248 e. The Morgan fingerprint density at radius 3 is 2.50 bits per heavy atom. The number of benzene rings is 1. The van der Waals surface area contributed by atoms with Crippen molar-refractivity contribution in [3.8, 4) is 5.75 Å². The summed E-state index contributed by atoms with van der Waals surface area (Å²) in [6.45, 7) is 1.83. The number of methoxy groups -OCH3 is 1. The van der Waals surface area contributed by atoms with E-state index >= 15 is 0 Å². The summed E-state index contributed by atoms with van der Waals surface area (Å²) in [7, 11) is 0.746. The van der Waals surface area contributed by atoms with Crippen molar-refractivity contribution < 1.29 is 17.9 Å². The first-order valence-corrected chi connectivity index (χ1v) is 7.98. The number of carbonyl (C=O) groups is 1. The van der Waals surface area contributed by atoms with Crippen molar-refractivity contribution >= 4 is 21.6 Å². The Kier molecular flexibility index (Phi) is 6.33. The number of carbonyl (C=O) groups excluding carboxylic acids is 1. The van der Waals surface area contributed by atoms with Gasteiger partial charge in [-0.1, -0.05) is 18.2 Å². The van der Waals surface area contributed by atoms with Gasteiger partial charge in [0, 0.05) is 20.2 Å². The van der Waals surface area contributed by atoms with Gasteiger partial charge in [-0.25, -0.2) is 12.7 Å². The predicted octanol–water partition coefficient (Wildman–Crippen LogP) is 2.02. The number of nitrogens with zero attached hydrogens (tertiary/aromatic N) is 1. The lowest BCUT2D eigenvalue weighted by atomic mass is 10.3. The van der Waals surface area contributed by atoms with E-state index in [4.69, 9.17) is 4.74 Å². The molecule has 1 aromatic carbocycles. The van der Waals surface area contributed by atoms with E-state index in [9.17, 15) is 13.2 Å². The molecule has 1 amide bonds. The van der Waals surface area contributed by atoms with Crippen LogP contribution < -0.4 is 10.1 Å². The molecule has 0 radical (unpaired) electrons. The highest BCUT2D eigenvalue weighted by atomic mass is 32.2. The van der Waals surface area contributed by atoms with Crippen molar-refractivity contribution in [1.29, 1.82) is 0 Å². The van der Waals surface area contributed by atoms with Crippen LogP contribution in [0.15, 0.2) is 47.4 Å². The van der Waals surface area contributed by atoms with Crippen LogP contribution in [0.4, 0.5) is 5.69 Å². The van der Waals surface area contributed by atoms with Crippen LogP contribution in [-0.4, -0.2) is 39.8 Å². The van der Waals surface area contributed by atoms with Gasteiger partial charge in [-0.3, -0.25) is 4.79 Å². The molecular formula is C15H20N2O4S. The molecule has 1 aromatic rings. The van der Waals surface area contributed by atoms with Gasteiger partial charge in [0.25, 0.3) is 0 Å². The van der Waals surface area contributed by atoms with Gasteiger partial charge in [-0.05, 0) is 25.1 Å². The molecule has 0 spiro atoms. The number of ether oxygens (including phenoxy) is 1. The highest BCUT2D eigenvalue weighted by Crippen LogP contribution is 2.28. The fourth-order valence-electron chi connectivity index (χ4n) is 1.58. The van der Waals surface area contributed by atoms with E-state index in [0.717, 1.165) is 4.31 Å². The van der Waals surface area contributed by atoms with Gasteiger partial charge < -0.3 is 10.1 Å². The zero-order chi connectivity index (χ0) is 16.8. The molecule has 1 rings (SSSR count). The largest absolute Gasteiger partial charge is 0.495 e. The number of allylic oxidation sites excluding steroid dienone is 3. The van der Waals surface area contributed by atoms with Crippen LogP contribution in [0.2, 0.25) is 0 Å². The minimum Gasteiger partial charge on any atom is -0.495 e. The average Bonchev–Trinajstić information content (AvgIpc) is 2.47. The second kappa shape index (κ2) is 7.77. The molecule has 0 aromatic heterocycles. The van der Waals surface area contributed by atoms with Gasteiger partial charge >= 0.3 is 0 Å². The lowest BCUT2D eigenvalue weighted by molar-refractivity contribution is -0.111. The molecule has 0 aliphatic carbocycles. The molecule has 6 nitrogen and oxygen atoms in total. The standard InChI is InChI=1S/C15H20N2O4S/c1-5-6-7-8-15(18)16-13-11-12(9-10-14(13)21-4)22(19,20)17(2)3/h5-11H,1-4H3,(H,16,18)/b6-5+,8-7+. The number of rotatable bonds is 6. The third-order valence-corrected chi connectivity index (χ3v) is 4.57. The molecule has 0 fully saturated rings. The van der Waals surface area contributed by atoms with E-state index in [1.54, 1.807) is 18.2 Å². The molecule has 22 heavy (non-hydrogen) atoms. The minimum atomic E-state index is -3.58. The highest BCUT2D eigenvalue weighted by molar-refractivity contribution is 7.89. The average molecular weight is 324 g/mol. The Balaban J connectivity index is 3.15. The molecule has 120 valence electrons. The summed E-state index contributed by atoms with van der Waals surface area (Å²) in [6.07, 6.45) is 6.42. The van der Waals surface area contributed by atoms with Crippen molar-refractivity contribution in [2.24, 2.45) is 0 Å². The SMILES string of the molecule is C/C=C/C=C/C(=O)Nc1cc(S(=O)(=O)N(C)C)ccc1OC. The molecule has 7 heteroatoms. The van der Waals surface area contributed by atoms with Gasteiger partial charge in [0.2, 0.25) is 15.9 Å². The number of anilines is 1. The lowest BCUT2D eigenvalue weighted by Crippen LogP contribution is -2.22. The Bertz CT molecular complexity index is 691. The fraction of sp³-hybridized carbons (Fsp3) is 0.267. The van der Waals surface area contributed by atoms with Crippen LogP contribution in [0.25, 0.3) is 0 Å². The minimum absolute atomic E-state index is 0.0750. The first-order chi connectivity index (χ1) is 10.3. The summed E-state index contributed by atoms with van der Waals surface area (Å²) in [6, 6.07) is 4.30. The van der Waals surface area contributed by atoms with E-state index in [2.05, 4.69) is 5.32 Å². The van der Waals surface area contributed by atoms with Crippen molar-refractivity contribution in [3.05, 3.63) is 42.5 Å². The maximum Gasteiger partial charge on any atom is 0.248 e. The molecule has 0 aliphatic rings.